The van der Waals surface area contributed by atoms with Crippen LogP contribution >= 0.6 is 0 Å². The number of fused-ring (bicyclic) bond motifs is 1. The molecule has 0 radical (unpaired) electrons. The van der Waals surface area contributed by atoms with Gasteiger partial charge in [-0.2, -0.15) is 5.10 Å². The average Bonchev–Trinajstić information content (AvgIpc) is 3.37. The summed E-state index contributed by atoms with van der Waals surface area (Å²) in [6.07, 6.45) is 10.4. The first-order chi connectivity index (χ1) is 13.2. The van der Waals surface area contributed by atoms with E-state index in [1.54, 1.807) is 0 Å². The van der Waals surface area contributed by atoms with E-state index in [2.05, 4.69) is 49.1 Å². The van der Waals surface area contributed by atoms with Crippen LogP contribution in [-0.2, 0) is 0 Å². The Hall–Kier alpha value is -2.45. The number of rotatable bonds is 3. The minimum Gasteiger partial charge on any atom is -0.400 e. The smallest absolute Gasteiger partial charge is 0.180 e. The van der Waals surface area contributed by atoms with Crippen molar-refractivity contribution in [3.05, 3.63) is 30.5 Å². The Bertz CT molecular complexity index is 927. The van der Waals surface area contributed by atoms with Crippen molar-refractivity contribution in [3.63, 3.8) is 0 Å². The Morgan fingerprint density at radius 3 is 2.67 bits per heavy atom. The van der Waals surface area contributed by atoms with Crippen LogP contribution < -0.4 is 4.90 Å². The van der Waals surface area contributed by atoms with E-state index in [4.69, 9.17) is 10.1 Å². The Labute approximate surface area is 159 Å². The maximum absolute atomic E-state index is 7.00. The highest BCUT2D eigenvalue weighted by molar-refractivity contribution is 5.72. The fourth-order valence-electron chi connectivity index (χ4n) is 3.89. The van der Waals surface area contributed by atoms with Crippen molar-refractivity contribution in [2.24, 2.45) is 0 Å². The third-order valence-corrected chi connectivity index (χ3v) is 5.53. The second kappa shape index (κ2) is 7.28. The molecule has 5 heterocycles. The molecule has 1 atom stereocenters. The van der Waals surface area contributed by atoms with Crippen LogP contribution in [-0.4, -0.2) is 74.5 Å². The minimum atomic E-state index is 0.464. The number of anilines is 1. The Morgan fingerprint density at radius 2 is 2.00 bits per heavy atom. The number of aryl methyl sites for hydroxylation is 1. The fourth-order valence-corrected chi connectivity index (χ4v) is 3.89. The van der Waals surface area contributed by atoms with Crippen LogP contribution in [0.2, 0.25) is 0 Å². The van der Waals surface area contributed by atoms with Crippen LogP contribution in [0.1, 0.15) is 24.6 Å². The highest BCUT2D eigenvalue weighted by atomic mass is 16.2. The van der Waals surface area contributed by atoms with Gasteiger partial charge in [-0.3, -0.25) is 9.08 Å². The summed E-state index contributed by atoms with van der Waals surface area (Å²) < 4.78 is 4.26. The summed E-state index contributed by atoms with van der Waals surface area (Å²) in [5.74, 6) is 0.991. The first-order valence-electron chi connectivity index (χ1n) is 9.47. The third-order valence-electron chi connectivity index (χ3n) is 5.53. The zero-order chi connectivity index (χ0) is 19.0. The highest BCUT2D eigenvalue weighted by Crippen LogP contribution is 2.30. The number of imidazole rings is 1. The molecule has 8 nitrogen and oxygen atoms in total. The predicted octanol–water partition coefficient (Wildman–Crippen LogP) is 1.60. The minimum absolute atomic E-state index is 0.464. The fraction of sp³-hybridized carbons (Fsp3) is 0.526. The largest absolute Gasteiger partial charge is 0.400 e. The summed E-state index contributed by atoms with van der Waals surface area (Å²) in [6, 6.07) is 0.464. The molecular weight excluding hydrogens is 342 g/mol. The van der Waals surface area contributed by atoms with E-state index >= 15 is 0 Å². The van der Waals surface area contributed by atoms with Crippen LogP contribution in [0, 0.1) is 6.92 Å². The SMILES string of the molecule is CO.Cc1c(-c2cnn(C3CCN(C)C3)c2)nc(N2CCC2)c2nccn12. The van der Waals surface area contributed by atoms with Crippen molar-refractivity contribution >= 4 is 11.5 Å². The van der Waals surface area contributed by atoms with E-state index < -0.39 is 0 Å². The molecule has 0 aliphatic carbocycles. The number of nitrogens with zero attached hydrogens (tertiary/aromatic N) is 7. The van der Waals surface area contributed by atoms with Crippen molar-refractivity contribution in [1.29, 1.82) is 0 Å². The summed E-state index contributed by atoms with van der Waals surface area (Å²) in [5, 5.41) is 11.6. The summed E-state index contributed by atoms with van der Waals surface area (Å²) in [7, 11) is 3.17. The molecule has 3 aromatic rings. The number of likely N-dealkylation sites (tertiary alicyclic amines) is 1. The maximum Gasteiger partial charge on any atom is 0.180 e. The zero-order valence-electron chi connectivity index (χ0n) is 16.2. The van der Waals surface area contributed by atoms with Crippen molar-refractivity contribution in [3.8, 4) is 11.3 Å². The van der Waals surface area contributed by atoms with Gasteiger partial charge in [0.1, 0.15) is 0 Å². The van der Waals surface area contributed by atoms with E-state index in [0.29, 0.717) is 6.04 Å². The molecule has 1 N–H and O–H groups in total. The summed E-state index contributed by atoms with van der Waals surface area (Å²) in [4.78, 5) is 14.2. The number of likely N-dealkylation sites (N-methyl/N-ethyl adjacent to an activating group) is 1. The van der Waals surface area contributed by atoms with Gasteiger partial charge in [0.2, 0.25) is 0 Å². The van der Waals surface area contributed by atoms with Crippen LogP contribution in [0.3, 0.4) is 0 Å². The number of aliphatic hydroxyl groups is 1. The predicted molar refractivity (Wildman–Crippen MR) is 105 cm³/mol. The average molecular weight is 369 g/mol. The second-order valence-corrected chi connectivity index (χ2v) is 7.24. The molecule has 144 valence electrons. The van der Waals surface area contributed by atoms with E-state index in [9.17, 15) is 0 Å². The van der Waals surface area contributed by atoms with Crippen LogP contribution in [0.4, 0.5) is 5.82 Å². The Morgan fingerprint density at radius 1 is 1.19 bits per heavy atom. The van der Waals surface area contributed by atoms with Gasteiger partial charge in [0, 0.05) is 56.6 Å². The molecule has 2 fully saturated rings. The van der Waals surface area contributed by atoms with Gasteiger partial charge in [-0.25, -0.2) is 9.97 Å². The quantitative estimate of drug-likeness (QED) is 0.756. The molecule has 27 heavy (non-hydrogen) atoms. The molecule has 2 aliphatic rings. The Balaban J connectivity index is 0.000000872. The molecule has 2 aliphatic heterocycles. The first-order valence-corrected chi connectivity index (χ1v) is 9.47. The van der Waals surface area contributed by atoms with Crippen LogP contribution in [0.5, 0.6) is 0 Å². The Kier molecular flexibility index (Phi) is 4.84. The van der Waals surface area contributed by atoms with Crippen LogP contribution in [0.15, 0.2) is 24.8 Å². The summed E-state index contributed by atoms with van der Waals surface area (Å²) in [5.41, 5.74) is 4.15. The van der Waals surface area contributed by atoms with Crippen LogP contribution in [0.25, 0.3) is 16.9 Å². The molecule has 0 aromatic carbocycles. The molecule has 1 unspecified atom stereocenters. The van der Waals surface area contributed by atoms with Crippen molar-refractivity contribution in [1.82, 2.24) is 29.0 Å². The first kappa shape index (κ1) is 17.9. The van der Waals surface area contributed by atoms with Gasteiger partial charge in [-0.1, -0.05) is 0 Å². The van der Waals surface area contributed by atoms with E-state index in [1.165, 1.54) is 6.42 Å². The van der Waals surface area contributed by atoms with E-state index in [-0.39, 0.29) is 0 Å². The zero-order valence-corrected chi connectivity index (χ0v) is 16.2. The summed E-state index contributed by atoms with van der Waals surface area (Å²) in [6.45, 7) is 6.43. The van der Waals surface area contributed by atoms with Gasteiger partial charge in [0.15, 0.2) is 11.5 Å². The molecule has 0 spiro atoms. The number of aromatic nitrogens is 5. The number of aliphatic hydroxyl groups excluding tert-OH is 1. The monoisotopic (exact) mass is 369 g/mol. The number of hydrogen-bond donors (Lipinski definition) is 1. The van der Waals surface area contributed by atoms with Crippen molar-refractivity contribution in [2.75, 3.05) is 45.2 Å². The normalized spacial score (nSPS) is 19.9. The molecule has 0 saturated carbocycles. The van der Waals surface area contributed by atoms with Gasteiger partial charge >= 0.3 is 0 Å². The lowest BCUT2D eigenvalue weighted by molar-refractivity contribution is 0.382. The van der Waals surface area contributed by atoms with E-state index in [0.717, 1.165) is 68.1 Å². The van der Waals surface area contributed by atoms with Gasteiger partial charge in [-0.05, 0) is 33.4 Å². The molecule has 3 aromatic heterocycles. The topological polar surface area (TPSA) is 74.7 Å². The molecule has 0 bridgehead atoms. The highest BCUT2D eigenvalue weighted by Gasteiger charge is 2.25. The molecular formula is C19H27N7O. The standard InChI is InChI=1S/C18H23N7.CH4O/c1-13-16(14-10-20-25(11-14)15-4-8-22(2)12-15)21-18(23-6-3-7-23)17-19-5-9-24(13)17;1-2/h5,9-11,15H,3-4,6-8,12H2,1-2H3;2H,1H3. The maximum atomic E-state index is 7.00. The molecule has 5 rings (SSSR count). The molecule has 0 amide bonds. The van der Waals surface area contributed by atoms with Crippen molar-refractivity contribution in [2.45, 2.75) is 25.8 Å². The van der Waals surface area contributed by atoms with Gasteiger partial charge < -0.3 is 14.9 Å². The lowest BCUT2D eigenvalue weighted by Crippen LogP contribution is -2.38. The third kappa shape index (κ3) is 3.08. The number of hydrogen-bond acceptors (Lipinski definition) is 6. The van der Waals surface area contributed by atoms with Gasteiger partial charge in [-0.15, -0.1) is 0 Å². The second-order valence-electron chi connectivity index (χ2n) is 7.24. The van der Waals surface area contributed by atoms with Gasteiger partial charge in [0.05, 0.1) is 17.9 Å². The molecule has 8 heteroatoms. The lowest BCUT2D eigenvalue weighted by atomic mass is 10.2. The van der Waals surface area contributed by atoms with Crippen molar-refractivity contribution < 1.29 is 5.11 Å². The molecule has 2 saturated heterocycles. The van der Waals surface area contributed by atoms with Gasteiger partial charge in [0.25, 0.3) is 0 Å². The lowest BCUT2D eigenvalue weighted by Gasteiger charge is -2.32. The van der Waals surface area contributed by atoms with E-state index in [1.807, 2.05) is 18.6 Å². The summed E-state index contributed by atoms with van der Waals surface area (Å²) >= 11 is 0.